The third kappa shape index (κ3) is 15.2. The van der Waals surface area contributed by atoms with Crippen LogP contribution in [0.1, 0.15) is 100 Å². The van der Waals surface area contributed by atoms with Crippen molar-refractivity contribution < 1.29 is 73.3 Å². The molecule has 0 saturated carbocycles. The largest absolute Gasteiger partial charge is 0.487 e. The number of halogens is 2. The van der Waals surface area contributed by atoms with Crippen LogP contribution in [-0.2, 0) is 48.7 Å². The Morgan fingerprint density at radius 3 is 1.45 bits per heavy atom. The Hall–Kier alpha value is -5.66. The van der Waals surface area contributed by atoms with Crippen molar-refractivity contribution in [2.45, 2.75) is 166 Å². The van der Waals surface area contributed by atoms with Gasteiger partial charge in [0.25, 0.3) is 0 Å². The first-order chi connectivity index (χ1) is 36.1. The van der Waals surface area contributed by atoms with Crippen molar-refractivity contribution in [2.75, 3.05) is 52.8 Å². The van der Waals surface area contributed by atoms with Crippen LogP contribution in [0.4, 0.5) is 18.4 Å². The van der Waals surface area contributed by atoms with Crippen molar-refractivity contribution in [3.05, 3.63) is 60.2 Å². The van der Waals surface area contributed by atoms with Gasteiger partial charge in [0.2, 0.25) is 37.8 Å². The molecule has 5 amide bonds. The first-order valence-electron chi connectivity index (χ1n) is 26.3. The van der Waals surface area contributed by atoms with Gasteiger partial charge in [-0.05, 0) is 130 Å². The molecule has 0 bridgehead atoms. The molecule has 0 aromatic heterocycles. The highest BCUT2D eigenvalue weighted by Crippen LogP contribution is 2.39. The van der Waals surface area contributed by atoms with Gasteiger partial charge in [0.1, 0.15) is 58.6 Å². The average Bonchev–Trinajstić information content (AvgIpc) is 4.13. The van der Waals surface area contributed by atoms with Gasteiger partial charge in [-0.1, -0.05) is 12.8 Å². The second-order valence-corrected chi connectivity index (χ2v) is 26.8. The number of ketones is 1. The standard InChI is InChI=1S/C53H77F2N7O14S2/c1-32(57(9)50(67)75-52(3,4)5)42(63)29-34(48(65)59-27-25-40-45(59)43(30-61(40)77(11,69)70)73-37-21-17-35(54)18-22-37)15-13-14-16-39(56-47(64)33(2)58(10)51(68)76-53(6,7)8)49(66)60-28-26-41-46(60)44(31-62(41)78(12,71)72)74-38-23-19-36(55)20-24-38/h17-24,32-34,39-41,43-46H,13-16,25-31H2,1-12H3,(H,56,64)/t32-,33-,34+,39-,40+,41+,43-,44-,45-,46-/m0/s1. The highest BCUT2D eigenvalue weighted by Gasteiger charge is 2.56. The van der Waals surface area contributed by atoms with Crippen LogP contribution >= 0.6 is 0 Å². The van der Waals surface area contributed by atoms with Gasteiger partial charge >= 0.3 is 12.2 Å². The van der Waals surface area contributed by atoms with Gasteiger partial charge in [0.05, 0.1) is 55.8 Å². The van der Waals surface area contributed by atoms with Crippen molar-refractivity contribution in [2.24, 2.45) is 5.92 Å². The van der Waals surface area contributed by atoms with E-state index in [0.29, 0.717) is 0 Å². The Kier molecular flexibility index (Phi) is 19.2. The second-order valence-electron chi connectivity index (χ2n) is 22.9. The lowest BCUT2D eigenvalue weighted by atomic mass is 9.91. The number of unbranched alkanes of at least 4 members (excludes halogenated alkanes) is 1. The number of hydrogen-bond acceptors (Lipinski definition) is 14. The average molecular weight is 1140 g/mol. The lowest BCUT2D eigenvalue weighted by Gasteiger charge is -2.33. The number of nitrogens with one attached hydrogen (secondary N) is 1. The number of sulfonamides is 2. The minimum atomic E-state index is -3.81. The molecule has 6 rings (SSSR count). The number of amides is 5. The van der Waals surface area contributed by atoms with Crippen molar-refractivity contribution in [1.29, 1.82) is 0 Å². The number of ether oxygens (including phenoxy) is 4. The maximum atomic E-state index is 15.1. The fourth-order valence-corrected chi connectivity index (χ4v) is 12.9. The Morgan fingerprint density at radius 1 is 0.641 bits per heavy atom. The predicted octanol–water partition coefficient (Wildman–Crippen LogP) is 4.78. The molecule has 0 aliphatic carbocycles. The van der Waals surface area contributed by atoms with E-state index in [4.69, 9.17) is 18.9 Å². The Balaban J connectivity index is 1.28. The van der Waals surface area contributed by atoms with Gasteiger partial charge in [-0.25, -0.2) is 35.2 Å². The van der Waals surface area contributed by atoms with Gasteiger partial charge < -0.3 is 39.0 Å². The molecule has 25 heteroatoms. The molecule has 2 aromatic rings. The topological polar surface area (TPSA) is 239 Å². The van der Waals surface area contributed by atoms with E-state index in [2.05, 4.69) is 5.32 Å². The summed E-state index contributed by atoms with van der Waals surface area (Å²) in [6.45, 7) is 13.0. The Morgan fingerprint density at radius 2 is 1.04 bits per heavy atom. The number of rotatable bonds is 20. The Labute approximate surface area is 457 Å². The minimum Gasteiger partial charge on any atom is -0.487 e. The minimum absolute atomic E-state index is 0.0292. The van der Waals surface area contributed by atoms with Crippen LogP contribution in [0.3, 0.4) is 0 Å². The van der Waals surface area contributed by atoms with E-state index in [1.165, 1.54) is 94.9 Å². The third-order valence-corrected chi connectivity index (χ3v) is 17.3. The monoisotopic (exact) mass is 1140 g/mol. The number of Topliss-reactive ketones (excluding diaryl/α,β-unsaturated/α-hetero) is 1. The molecule has 0 radical (unpaired) electrons. The van der Waals surface area contributed by atoms with Gasteiger partial charge in [0, 0.05) is 39.5 Å². The molecule has 0 spiro atoms. The molecule has 4 aliphatic rings. The number of carbonyl (C=O) groups excluding carboxylic acids is 6. The Bertz CT molecular complexity index is 2560. The van der Waals surface area contributed by atoms with E-state index in [-0.39, 0.29) is 82.6 Å². The molecule has 4 saturated heterocycles. The van der Waals surface area contributed by atoms with Gasteiger partial charge in [0.15, 0.2) is 5.78 Å². The number of likely N-dealkylation sites (N-methyl/N-ethyl adjacent to an activating group) is 2. The molecule has 21 nitrogen and oxygen atoms in total. The second kappa shape index (κ2) is 24.4. The lowest BCUT2D eigenvalue weighted by molar-refractivity contribution is -0.141. The van der Waals surface area contributed by atoms with Crippen LogP contribution in [0.25, 0.3) is 0 Å². The van der Waals surface area contributed by atoms with Crippen LogP contribution in [-0.4, -0.2) is 199 Å². The van der Waals surface area contributed by atoms with E-state index in [1.807, 2.05) is 0 Å². The van der Waals surface area contributed by atoms with Crippen molar-refractivity contribution in [3.8, 4) is 11.5 Å². The number of likely N-dealkylation sites (tertiary alicyclic amines) is 2. The zero-order valence-electron chi connectivity index (χ0n) is 46.6. The molecule has 0 unspecified atom stereocenters. The first-order valence-corrected chi connectivity index (χ1v) is 30.0. The highest BCUT2D eigenvalue weighted by atomic mass is 32.2. The molecular formula is C53H77F2N7O14S2. The molecule has 4 aliphatic heterocycles. The molecular weight excluding hydrogens is 1060 g/mol. The summed E-state index contributed by atoms with van der Waals surface area (Å²) < 4.78 is 107. The summed E-state index contributed by atoms with van der Waals surface area (Å²) in [6.07, 6.45) is -0.653. The smallest absolute Gasteiger partial charge is 0.410 e. The third-order valence-electron chi connectivity index (χ3n) is 14.8. The molecule has 10 atom stereocenters. The number of carbonyl (C=O) groups is 6. The van der Waals surface area contributed by atoms with E-state index >= 15 is 9.59 Å². The number of nitrogens with zero attached hydrogens (tertiary/aromatic N) is 6. The lowest BCUT2D eigenvalue weighted by Crippen LogP contribution is -2.56. The zero-order valence-corrected chi connectivity index (χ0v) is 48.3. The normalized spacial score (nSPS) is 23.4. The van der Waals surface area contributed by atoms with Crippen molar-refractivity contribution in [1.82, 2.24) is 33.5 Å². The van der Waals surface area contributed by atoms with Gasteiger partial charge in [-0.15, -0.1) is 0 Å². The molecule has 434 valence electrons. The summed E-state index contributed by atoms with van der Waals surface area (Å²) in [7, 11) is -4.83. The van der Waals surface area contributed by atoms with E-state index in [1.54, 1.807) is 41.5 Å². The molecule has 4 fully saturated rings. The van der Waals surface area contributed by atoms with Crippen LogP contribution in [0.15, 0.2) is 48.5 Å². The number of fused-ring (bicyclic) bond motifs is 2. The summed E-state index contributed by atoms with van der Waals surface area (Å²) in [5, 5.41) is 2.83. The first kappa shape index (κ1) is 61.6. The summed E-state index contributed by atoms with van der Waals surface area (Å²) in [5.41, 5.74) is -1.76. The quantitative estimate of drug-likeness (QED) is 0.176. The molecule has 1 N–H and O–H groups in total. The number of hydrogen-bond donors (Lipinski definition) is 1. The fourth-order valence-electron chi connectivity index (χ4n) is 10.7. The van der Waals surface area contributed by atoms with Crippen LogP contribution < -0.4 is 14.8 Å². The van der Waals surface area contributed by atoms with Gasteiger partial charge in [-0.3, -0.25) is 24.1 Å². The SMILES string of the molecule is C[C@@H](C(=O)C[C@@H](CCCC[C@H](NC(=O)[C@H](C)N(C)C(=O)OC(C)(C)C)C(=O)N1CC[C@@H]2[C@H]1[C@@H](Oc1ccc(F)cc1)CN2S(C)(=O)=O)C(=O)N1CC[C@@H]2[C@H]1[C@@H](Oc1ccc(F)cc1)CN2S(C)(=O)=O)N(C)C(=O)OC(C)(C)C. The fraction of sp³-hybridized carbons (Fsp3) is 0.660. The molecule has 4 heterocycles. The van der Waals surface area contributed by atoms with E-state index < -0.39 is 139 Å². The summed E-state index contributed by atoms with van der Waals surface area (Å²) in [5.74, 6) is -3.79. The van der Waals surface area contributed by atoms with Crippen molar-refractivity contribution in [3.63, 3.8) is 0 Å². The molecule has 2 aromatic carbocycles. The van der Waals surface area contributed by atoms with Crippen molar-refractivity contribution >= 4 is 55.7 Å². The van der Waals surface area contributed by atoms with Crippen LogP contribution in [0.2, 0.25) is 0 Å². The summed E-state index contributed by atoms with van der Waals surface area (Å²) in [4.78, 5) is 90.0. The molecule has 78 heavy (non-hydrogen) atoms. The van der Waals surface area contributed by atoms with Crippen LogP contribution in [0.5, 0.6) is 11.5 Å². The highest BCUT2D eigenvalue weighted by molar-refractivity contribution is 7.88. The van der Waals surface area contributed by atoms with Crippen LogP contribution in [0, 0.1) is 17.6 Å². The van der Waals surface area contributed by atoms with E-state index in [9.17, 15) is 44.8 Å². The maximum Gasteiger partial charge on any atom is 0.410 e. The summed E-state index contributed by atoms with van der Waals surface area (Å²) >= 11 is 0. The number of benzene rings is 2. The van der Waals surface area contributed by atoms with Gasteiger partial charge in [-0.2, -0.15) is 8.61 Å². The summed E-state index contributed by atoms with van der Waals surface area (Å²) in [6, 6.07) is 3.90. The predicted molar refractivity (Wildman–Crippen MR) is 283 cm³/mol. The maximum absolute atomic E-state index is 15.1. The zero-order chi connectivity index (χ0) is 58.0. The van der Waals surface area contributed by atoms with E-state index in [0.717, 1.165) is 22.3 Å².